The molecule has 94 valence electrons. The molecule has 0 bridgehead atoms. The fraction of sp³-hybridized carbons (Fsp3) is 0.917. The third-order valence-electron chi connectivity index (χ3n) is 3.12. The Morgan fingerprint density at radius 2 is 2.19 bits per heavy atom. The van der Waals surface area contributed by atoms with Crippen LogP contribution in [-0.4, -0.2) is 31.7 Å². The number of nitrogens with one attached hydrogen (secondary N) is 1. The summed E-state index contributed by atoms with van der Waals surface area (Å²) in [5.41, 5.74) is 5.28. The van der Waals surface area contributed by atoms with Crippen LogP contribution in [0.1, 0.15) is 39.0 Å². The number of carbonyl (C=O) groups excluding carboxylic acids is 1. The minimum absolute atomic E-state index is 0.00648. The molecule has 0 aromatic heterocycles. The van der Waals surface area contributed by atoms with Gasteiger partial charge in [0.2, 0.25) is 5.91 Å². The summed E-state index contributed by atoms with van der Waals surface area (Å²) >= 11 is 0. The molecule has 0 aromatic carbocycles. The summed E-state index contributed by atoms with van der Waals surface area (Å²) in [4.78, 5) is 11.5. The average molecular weight is 228 g/mol. The minimum Gasteiger partial charge on any atom is -0.370 e. The van der Waals surface area contributed by atoms with Crippen LogP contribution >= 0.6 is 0 Å². The van der Waals surface area contributed by atoms with Gasteiger partial charge in [0.25, 0.3) is 0 Å². The van der Waals surface area contributed by atoms with Gasteiger partial charge in [-0.3, -0.25) is 4.79 Å². The van der Waals surface area contributed by atoms with E-state index < -0.39 is 0 Å². The summed E-state index contributed by atoms with van der Waals surface area (Å²) < 4.78 is 5.10. The number of carbonyl (C=O) groups is 1. The first kappa shape index (κ1) is 13.5. The van der Waals surface area contributed by atoms with E-state index in [1.165, 1.54) is 19.3 Å². The van der Waals surface area contributed by atoms with E-state index in [9.17, 15) is 4.79 Å². The highest BCUT2D eigenvalue weighted by Crippen LogP contribution is 2.22. The topological polar surface area (TPSA) is 64.3 Å². The van der Waals surface area contributed by atoms with E-state index in [-0.39, 0.29) is 12.5 Å². The van der Waals surface area contributed by atoms with E-state index in [4.69, 9.17) is 10.5 Å². The smallest absolute Gasteiger partial charge is 0.246 e. The standard InChI is InChI=1S/C12H24N2O2/c1-10-3-2-4-11(6-5-10)14-12(15)9-16-8-7-13/h10-11H,2-9,13H2,1H3,(H,14,15). The van der Waals surface area contributed by atoms with Crippen molar-refractivity contribution in [3.05, 3.63) is 0 Å². The quantitative estimate of drug-likeness (QED) is 0.546. The van der Waals surface area contributed by atoms with Crippen molar-refractivity contribution in [1.29, 1.82) is 0 Å². The Kier molecular flexibility index (Phi) is 6.42. The molecule has 3 N–H and O–H groups in total. The van der Waals surface area contributed by atoms with Gasteiger partial charge in [0, 0.05) is 12.6 Å². The lowest BCUT2D eigenvalue weighted by atomic mass is 10.0. The second-order valence-electron chi connectivity index (χ2n) is 4.72. The van der Waals surface area contributed by atoms with E-state index >= 15 is 0 Å². The normalized spacial score (nSPS) is 26.1. The van der Waals surface area contributed by atoms with E-state index in [1.54, 1.807) is 0 Å². The van der Waals surface area contributed by atoms with Gasteiger partial charge in [0.1, 0.15) is 6.61 Å². The molecular formula is C12H24N2O2. The number of nitrogens with two attached hydrogens (primary N) is 1. The van der Waals surface area contributed by atoms with Gasteiger partial charge in [-0.2, -0.15) is 0 Å². The molecule has 1 amide bonds. The summed E-state index contributed by atoms with van der Waals surface area (Å²) in [5.74, 6) is 0.795. The molecule has 16 heavy (non-hydrogen) atoms. The van der Waals surface area contributed by atoms with Crippen LogP contribution in [0.2, 0.25) is 0 Å². The molecule has 0 aromatic rings. The lowest BCUT2D eigenvalue weighted by Gasteiger charge is -2.16. The van der Waals surface area contributed by atoms with Crippen molar-refractivity contribution >= 4 is 5.91 Å². The largest absolute Gasteiger partial charge is 0.370 e. The maximum atomic E-state index is 11.5. The summed E-state index contributed by atoms with van der Waals surface area (Å²) in [5, 5.41) is 3.03. The molecule has 0 radical (unpaired) electrons. The lowest BCUT2D eigenvalue weighted by Crippen LogP contribution is -2.37. The fourth-order valence-corrected chi connectivity index (χ4v) is 2.15. The van der Waals surface area contributed by atoms with Crippen LogP contribution in [-0.2, 0) is 9.53 Å². The number of hydrogen-bond acceptors (Lipinski definition) is 3. The summed E-state index contributed by atoms with van der Waals surface area (Å²) in [6.45, 7) is 3.35. The Bertz CT molecular complexity index is 209. The molecule has 2 atom stereocenters. The van der Waals surface area contributed by atoms with Crippen molar-refractivity contribution in [2.24, 2.45) is 11.7 Å². The first-order valence-electron chi connectivity index (χ1n) is 6.29. The molecule has 1 saturated carbocycles. The molecule has 0 saturated heterocycles. The van der Waals surface area contributed by atoms with Crippen molar-refractivity contribution in [3.63, 3.8) is 0 Å². The Hall–Kier alpha value is -0.610. The van der Waals surface area contributed by atoms with Crippen LogP contribution < -0.4 is 11.1 Å². The summed E-state index contributed by atoms with van der Waals surface area (Å²) in [7, 11) is 0. The van der Waals surface area contributed by atoms with Crippen LogP contribution in [0.15, 0.2) is 0 Å². The van der Waals surface area contributed by atoms with Crippen LogP contribution in [0.25, 0.3) is 0 Å². The second-order valence-corrected chi connectivity index (χ2v) is 4.72. The fourth-order valence-electron chi connectivity index (χ4n) is 2.15. The maximum absolute atomic E-state index is 11.5. The maximum Gasteiger partial charge on any atom is 0.246 e. The Morgan fingerprint density at radius 1 is 1.38 bits per heavy atom. The van der Waals surface area contributed by atoms with Crippen molar-refractivity contribution in [3.8, 4) is 0 Å². The molecule has 4 nitrogen and oxygen atoms in total. The van der Waals surface area contributed by atoms with Gasteiger partial charge < -0.3 is 15.8 Å². The highest BCUT2D eigenvalue weighted by Gasteiger charge is 2.17. The second kappa shape index (κ2) is 7.63. The zero-order valence-corrected chi connectivity index (χ0v) is 10.2. The summed E-state index contributed by atoms with van der Waals surface area (Å²) in [6.07, 6.45) is 5.93. The van der Waals surface area contributed by atoms with Crippen molar-refractivity contribution in [2.75, 3.05) is 19.8 Å². The SMILES string of the molecule is CC1CCCC(NC(=O)COCCN)CC1. The van der Waals surface area contributed by atoms with Crippen LogP contribution in [0.3, 0.4) is 0 Å². The third kappa shape index (κ3) is 5.47. The Balaban J connectivity index is 2.17. The number of hydrogen-bond donors (Lipinski definition) is 2. The zero-order chi connectivity index (χ0) is 11.8. The van der Waals surface area contributed by atoms with Crippen molar-refractivity contribution < 1.29 is 9.53 Å². The minimum atomic E-state index is -0.00648. The van der Waals surface area contributed by atoms with E-state index in [2.05, 4.69) is 12.2 Å². The van der Waals surface area contributed by atoms with Gasteiger partial charge in [0.15, 0.2) is 0 Å². The lowest BCUT2D eigenvalue weighted by molar-refractivity contribution is -0.126. The molecule has 2 unspecified atom stereocenters. The first-order valence-corrected chi connectivity index (χ1v) is 6.29. The van der Waals surface area contributed by atoms with Crippen molar-refractivity contribution in [1.82, 2.24) is 5.32 Å². The third-order valence-corrected chi connectivity index (χ3v) is 3.12. The predicted octanol–water partition coefficient (Wildman–Crippen LogP) is 1.05. The molecule has 0 aliphatic heterocycles. The molecule has 1 aliphatic carbocycles. The molecule has 0 heterocycles. The van der Waals surface area contributed by atoms with Crippen LogP contribution in [0.4, 0.5) is 0 Å². The summed E-state index contributed by atoms with van der Waals surface area (Å²) in [6, 6.07) is 0.346. The van der Waals surface area contributed by atoms with Gasteiger partial charge in [-0.1, -0.05) is 19.8 Å². The van der Waals surface area contributed by atoms with E-state index in [0.717, 1.165) is 18.8 Å². The highest BCUT2D eigenvalue weighted by atomic mass is 16.5. The zero-order valence-electron chi connectivity index (χ0n) is 10.2. The molecule has 1 fully saturated rings. The number of amides is 1. The Morgan fingerprint density at radius 3 is 2.94 bits per heavy atom. The monoisotopic (exact) mass is 228 g/mol. The van der Waals surface area contributed by atoms with Gasteiger partial charge in [-0.05, 0) is 25.2 Å². The molecule has 4 heteroatoms. The first-order chi connectivity index (χ1) is 7.72. The van der Waals surface area contributed by atoms with Crippen LogP contribution in [0, 0.1) is 5.92 Å². The van der Waals surface area contributed by atoms with Crippen molar-refractivity contribution in [2.45, 2.75) is 45.1 Å². The van der Waals surface area contributed by atoms with E-state index in [1.807, 2.05) is 0 Å². The molecule has 0 spiro atoms. The van der Waals surface area contributed by atoms with Crippen LogP contribution in [0.5, 0.6) is 0 Å². The van der Waals surface area contributed by atoms with Gasteiger partial charge in [-0.15, -0.1) is 0 Å². The van der Waals surface area contributed by atoms with Gasteiger partial charge in [0.05, 0.1) is 6.61 Å². The average Bonchev–Trinajstić information content (AvgIpc) is 2.44. The molecule has 1 aliphatic rings. The molecule has 1 rings (SSSR count). The molecular weight excluding hydrogens is 204 g/mol. The van der Waals surface area contributed by atoms with Gasteiger partial charge in [-0.25, -0.2) is 0 Å². The predicted molar refractivity (Wildman–Crippen MR) is 64.1 cm³/mol. The number of rotatable bonds is 5. The highest BCUT2D eigenvalue weighted by molar-refractivity contribution is 5.77. The number of ether oxygens (including phenoxy) is 1. The Labute approximate surface area is 97.9 Å². The van der Waals surface area contributed by atoms with E-state index in [0.29, 0.717) is 19.2 Å². The van der Waals surface area contributed by atoms with Gasteiger partial charge >= 0.3 is 0 Å².